The molecular weight excluding hydrogens is 713 g/mol. The van der Waals surface area contributed by atoms with E-state index in [9.17, 15) is 0 Å². The van der Waals surface area contributed by atoms with Crippen LogP contribution in [0.3, 0.4) is 0 Å². The normalized spacial score (nSPS) is 13.9. The highest BCUT2D eigenvalue weighted by molar-refractivity contribution is 6.20. The van der Waals surface area contributed by atoms with E-state index in [1.165, 1.54) is 0 Å². The van der Waals surface area contributed by atoms with Gasteiger partial charge in [-0.1, -0.05) is 187 Å². The number of fused-ring (bicyclic) bond motifs is 12. The number of rotatable bonds is 0. The first-order valence-electron chi connectivity index (χ1n) is 21.8. The lowest BCUT2D eigenvalue weighted by Gasteiger charge is -2.40. The minimum atomic E-state index is -0.923. The van der Waals surface area contributed by atoms with Crippen LogP contribution < -0.4 is 11.0 Å². The molecule has 0 saturated heterocycles. The fourth-order valence-electron chi connectivity index (χ4n) is 7.88. The molecule has 4 aromatic carbocycles. The third-order valence-electron chi connectivity index (χ3n) is 9.38. The second-order valence-corrected chi connectivity index (χ2v) is 11.2. The van der Waals surface area contributed by atoms with Crippen molar-refractivity contribution in [1.29, 1.82) is 0 Å². The molecule has 58 heavy (non-hydrogen) atoms. The van der Waals surface area contributed by atoms with Gasteiger partial charge in [-0.15, -0.1) is 9.15 Å². The Hall–Kier alpha value is -5.76. The third-order valence-corrected chi connectivity index (χ3v) is 9.38. The number of benzene rings is 4. The quantitative estimate of drug-likeness (QED) is 0.138. The van der Waals surface area contributed by atoms with Crippen LogP contribution in [0.1, 0.15) is 140 Å². The molecule has 0 unspecified atom stereocenters. The highest BCUT2D eigenvalue weighted by Crippen LogP contribution is 2.52. The Morgan fingerprint density at radius 2 is 0.655 bits per heavy atom. The van der Waals surface area contributed by atoms with Crippen LogP contribution in [0.2, 0.25) is 0 Å². The maximum absolute atomic E-state index is 5.42. The molecular formula is C50H68N8+2. The highest BCUT2D eigenvalue weighted by atomic mass is 15.7. The Labute approximate surface area is 348 Å². The molecule has 2 aromatic heterocycles. The van der Waals surface area contributed by atoms with E-state index in [1.807, 2.05) is 111 Å². The number of hydrogen-bond acceptors (Lipinski definition) is 4. The lowest BCUT2D eigenvalue weighted by Crippen LogP contribution is -2.71. The molecule has 0 amide bonds. The lowest BCUT2D eigenvalue weighted by molar-refractivity contribution is -0.790. The summed E-state index contributed by atoms with van der Waals surface area (Å²) in [5.41, 5.74) is 6.13. The summed E-state index contributed by atoms with van der Waals surface area (Å²) in [5, 5.41) is 4.33. The van der Waals surface area contributed by atoms with Gasteiger partial charge in [0, 0.05) is 21.5 Å². The van der Waals surface area contributed by atoms with E-state index in [1.54, 1.807) is 0 Å². The molecule has 8 heteroatoms. The van der Waals surface area contributed by atoms with Crippen molar-refractivity contribution in [2.75, 3.05) is 0 Å². The molecule has 8 heterocycles. The van der Waals surface area contributed by atoms with E-state index in [0.717, 1.165) is 89.8 Å². The maximum Gasteiger partial charge on any atom is 0.404 e. The first-order valence-corrected chi connectivity index (χ1v) is 21.8. The van der Waals surface area contributed by atoms with E-state index in [2.05, 4.69) is 115 Å². The Balaban J connectivity index is 0.000000480. The molecule has 6 aliphatic heterocycles. The largest absolute Gasteiger partial charge is 0.404 e. The highest BCUT2D eigenvalue weighted by Gasteiger charge is 2.69. The average molecular weight is 781 g/mol. The van der Waals surface area contributed by atoms with Gasteiger partial charge in [-0.05, 0) is 48.5 Å². The number of aromatic nitrogens is 2. The number of nitrogens with zero attached hydrogens (tertiary/aromatic N) is 8. The Kier molecular flexibility index (Phi) is 16.1. The molecule has 0 atom stereocenters. The van der Waals surface area contributed by atoms with Crippen molar-refractivity contribution in [3.8, 4) is 0 Å². The molecule has 0 fully saturated rings. The van der Waals surface area contributed by atoms with Crippen LogP contribution in [0.25, 0.3) is 21.5 Å². The summed E-state index contributed by atoms with van der Waals surface area (Å²) in [7, 11) is 0. The van der Waals surface area contributed by atoms with Crippen LogP contribution in [0.4, 0.5) is 11.6 Å². The van der Waals surface area contributed by atoms with Gasteiger partial charge in [-0.2, -0.15) is 9.13 Å². The molecule has 0 saturated carbocycles. The number of amidine groups is 4. The van der Waals surface area contributed by atoms with E-state index in [-0.39, 0.29) is 7.43 Å². The molecule has 8 nitrogen and oxygen atoms in total. The molecule has 0 radical (unpaired) electrons. The molecule has 12 rings (SSSR count). The molecule has 6 aliphatic rings. The van der Waals surface area contributed by atoms with E-state index in [0.29, 0.717) is 0 Å². The van der Waals surface area contributed by atoms with Crippen LogP contribution in [-0.4, -0.2) is 41.6 Å². The lowest BCUT2D eigenvalue weighted by atomic mass is 10.1. The van der Waals surface area contributed by atoms with Gasteiger partial charge in [0.2, 0.25) is 22.6 Å². The Bertz CT molecular complexity index is 2470. The van der Waals surface area contributed by atoms with Crippen LogP contribution in [0.15, 0.2) is 117 Å². The molecule has 6 aromatic rings. The fraction of sp³-hybridized carbons (Fsp3) is 0.360. The van der Waals surface area contributed by atoms with Crippen LogP contribution >= 0.6 is 0 Å². The molecule has 306 valence electrons. The van der Waals surface area contributed by atoms with Crippen molar-refractivity contribution in [2.24, 2.45) is 20.0 Å². The van der Waals surface area contributed by atoms with Crippen molar-refractivity contribution >= 4 is 56.5 Å². The summed E-state index contributed by atoms with van der Waals surface area (Å²) in [6, 6.07) is 34.0. The summed E-state index contributed by atoms with van der Waals surface area (Å²) in [6.07, 6.45) is 0. The van der Waals surface area contributed by atoms with Crippen molar-refractivity contribution in [1.82, 2.24) is 9.13 Å². The van der Waals surface area contributed by atoms with Crippen molar-refractivity contribution < 1.29 is 9.15 Å². The monoisotopic (exact) mass is 781 g/mol. The van der Waals surface area contributed by atoms with Gasteiger partial charge in [0.1, 0.15) is 0 Å². The van der Waals surface area contributed by atoms with Gasteiger partial charge in [-0.25, -0.2) is 0 Å². The predicted octanol–water partition coefficient (Wildman–Crippen LogP) is 12.6. The summed E-state index contributed by atoms with van der Waals surface area (Å²) in [5.74, 6) is 4.46. The van der Waals surface area contributed by atoms with Crippen LogP contribution in [0, 0.1) is 0 Å². The minimum Gasteiger partial charge on any atom is -0.192 e. The smallest absolute Gasteiger partial charge is 0.192 e. The third kappa shape index (κ3) is 6.02. The maximum atomic E-state index is 5.42. The summed E-state index contributed by atoms with van der Waals surface area (Å²) >= 11 is 0. The van der Waals surface area contributed by atoms with E-state index < -0.39 is 5.91 Å². The van der Waals surface area contributed by atoms with Gasteiger partial charge >= 0.3 is 5.91 Å². The molecule has 0 N–H and O–H groups in total. The van der Waals surface area contributed by atoms with Crippen molar-refractivity contribution in [3.05, 3.63) is 130 Å². The van der Waals surface area contributed by atoms with Crippen LogP contribution in [-0.2, 0) is 5.91 Å². The van der Waals surface area contributed by atoms with Crippen molar-refractivity contribution in [3.63, 3.8) is 0 Å². The van der Waals surface area contributed by atoms with Gasteiger partial charge in [0.25, 0.3) is 23.3 Å². The number of hydrogen-bond donors (Lipinski definition) is 0. The average Bonchev–Trinajstić information content (AvgIpc) is 4.05. The van der Waals surface area contributed by atoms with Crippen LogP contribution in [0.5, 0.6) is 0 Å². The standard InChI is InChI=1S/C33H16N8.8C2H6.CH4/c1-2-10-18-17(9-1)25-34-27-19-11-3-4-12-20(19)29-36-31-23-15-7-8-16-24(23)32-37-30-22-14-6-5-13-21(22)28-35-26(18)38(25)33(39(27)29,40(28)30)41(31)32;8*1-2;/h1-16H;8*1-2H3;1H4/q+2;;;;;;;;;. The molecule has 0 aliphatic carbocycles. The molecule has 1 spiro atoms. The van der Waals surface area contributed by atoms with E-state index in [4.69, 9.17) is 20.0 Å². The van der Waals surface area contributed by atoms with Gasteiger partial charge in [-0.3, -0.25) is 0 Å². The summed E-state index contributed by atoms with van der Waals surface area (Å²) < 4.78 is 9.32. The fourth-order valence-corrected chi connectivity index (χ4v) is 7.88. The Morgan fingerprint density at radius 1 is 0.362 bits per heavy atom. The zero-order valence-electron chi connectivity index (χ0n) is 37.3. The van der Waals surface area contributed by atoms with E-state index >= 15 is 0 Å². The second kappa shape index (κ2) is 20.1. The van der Waals surface area contributed by atoms with Gasteiger partial charge < -0.3 is 0 Å². The summed E-state index contributed by atoms with van der Waals surface area (Å²) in [4.78, 5) is 21.7. The Morgan fingerprint density at radius 3 is 1.00 bits per heavy atom. The molecule has 0 bridgehead atoms. The first kappa shape index (κ1) is 46.6. The SMILES string of the molecule is C.CC.CC.CC.CC.CC.CC.CC.CC.c1ccc2c(c1)C1=Nc3c4ccccc4c4n3C35n6c(c7ccccc7c6=NC6=[N+]3C(=N4)c3ccccc36)=NC2=[N+]15. The predicted molar refractivity (Wildman–Crippen MR) is 251 cm³/mol. The minimum absolute atomic E-state index is 0. The second-order valence-electron chi connectivity index (χ2n) is 11.2. The van der Waals surface area contributed by atoms with Crippen molar-refractivity contribution in [2.45, 2.75) is 124 Å². The zero-order valence-corrected chi connectivity index (χ0v) is 37.3. The first-order chi connectivity index (χ1) is 28.4. The summed E-state index contributed by atoms with van der Waals surface area (Å²) in [6.45, 7) is 32.0. The number of aliphatic imine (C=N–C) groups is 2. The van der Waals surface area contributed by atoms with Gasteiger partial charge in [0.05, 0.1) is 22.3 Å². The zero-order chi connectivity index (χ0) is 42.2. The van der Waals surface area contributed by atoms with Gasteiger partial charge in [0.15, 0.2) is 0 Å². The topological polar surface area (TPSA) is 65.3 Å².